The van der Waals surface area contributed by atoms with Crippen molar-refractivity contribution in [1.29, 1.82) is 0 Å². The Morgan fingerprint density at radius 2 is 1.96 bits per heavy atom. The molecule has 120 valence electrons. The van der Waals surface area contributed by atoms with Crippen LogP contribution in [0.15, 0.2) is 65.2 Å². The van der Waals surface area contributed by atoms with Crippen molar-refractivity contribution in [2.24, 2.45) is 0 Å². The molecular weight excluding hydrogens is 308 g/mol. The van der Waals surface area contributed by atoms with Crippen LogP contribution in [-0.4, -0.2) is 13.0 Å². The molecule has 1 amide bonds. The minimum Gasteiger partial charge on any atom is -0.497 e. The SMILES string of the molecule is C/C=C(\C)NC(=O)c1ccccc1NSc1cccc(OC)c1. The van der Waals surface area contributed by atoms with Crippen molar-refractivity contribution in [3.05, 3.63) is 65.9 Å². The number of rotatable bonds is 6. The Kier molecular flexibility index (Phi) is 6.11. The van der Waals surface area contributed by atoms with E-state index < -0.39 is 0 Å². The Balaban J connectivity index is 2.12. The molecule has 0 saturated carbocycles. The van der Waals surface area contributed by atoms with Gasteiger partial charge in [0, 0.05) is 10.6 Å². The van der Waals surface area contributed by atoms with Gasteiger partial charge in [-0.05, 0) is 56.1 Å². The number of anilines is 1. The number of methoxy groups -OCH3 is 1. The molecule has 0 unspecified atom stereocenters. The van der Waals surface area contributed by atoms with Gasteiger partial charge in [0.15, 0.2) is 0 Å². The van der Waals surface area contributed by atoms with Gasteiger partial charge in [-0.1, -0.05) is 24.3 Å². The molecule has 0 aliphatic heterocycles. The second-order valence-electron chi connectivity index (χ2n) is 4.85. The number of benzene rings is 2. The molecule has 0 aliphatic rings. The second-order valence-corrected chi connectivity index (χ2v) is 5.73. The van der Waals surface area contributed by atoms with E-state index in [0.29, 0.717) is 5.56 Å². The van der Waals surface area contributed by atoms with Crippen molar-refractivity contribution >= 4 is 23.5 Å². The standard InChI is InChI=1S/C18H20N2O2S/c1-4-13(2)19-18(21)16-10-5-6-11-17(16)20-23-15-9-7-8-14(12-15)22-3/h4-12,20H,1-3H3,(H,19,21)/b13-4+. The van der Waals surface area contributed by atoms with E-state index >= 15 is 0 Å². The van der Waals surface area contributed by atoms with Crippen LogP contribution >= 0.6 is 11.9 Å². The Morgan fingerprint density at radius 3 is 2.70 bits per heavy atom. The first-order valence-electron chi connectivity index (χ1n) is 7.24. The lowest BCUT2D eigenvalue weighted by molar-refractivity contribution is 0.0967. The van der Waals surface area contributed by atoms with E-state index in [-0.39, 0.29) is 5.91 Å². The van der Waals surface area contributed by atoms with Crippen LogP contribution in [0.25, 0.3) is 0 Å². The van der Waals surface area contributed by atoms with Crippen LogP contribution in [-0.2, 0) is 0 Å². The first-order chi connectivity index (χ1) is 11.1. The quantitative estimate of drug-likeness (QED) is 0.768. The van der Waals surface area contributed by atoms with Crippen molar-refractivity contribution in [2.45, 2.75) is 18.7 Å². The van der Waals surface area contributed by atoms with E-state index in [9.17, 15) is 4.79 Å². The normalized spacial score (nSPS) is 11.0. The third kappa shape index (κ3) is 4.79. The summed E-state index contributed by atoms with van der Waals surface area (Å²) in [6.07, 6.45) is 1.86. The summed E-state index contributed by atoms with van der Waals surface area (Å²) < 4.78 is 8.45. The van der Waals surface area contributed by atoms with E-state index in [2.05, 4.69) is 10.0 Å². The van der Waals surface area contributed by atoms with Crippen LogP contribution in [0.3, 0.4) is 0 Å². The Labute approximate surface area is 141 Å². The summed E-state index contributed by atoms with van der Waals surface area (Å²) in [5, 5.41) is 2.86. The van der Waals surface area contributed by atoms with Gasteiger partial charge in [0.2, 0.25) is 0 Å². The zero-order valence-corrected chi connectivity index (χ0v) is 14.2. The summed E-state index contributed by atoms with van der Waals surface area (Å²) in [7, 11) is 1.64. The van der Waals surface area contributed by atoms with Crippen LogP contribution in [0.1, 0.15) is 24.2 Å². The molecule has 0 saturated heterocycles. The zero-order chi connectivity index (χ0) is 16.7. The lowest BCUT2D eigenvalue weighted by atomic mass is 10.1. The number of allylic oxidation sites excluding steroid dienone is 2. The van der Waals surface area contributed by atoms with Crippen molar-refractivity contribution in [3.63, 3.8) is 0 Å². The van der Waals surface area contributed by atoms with Crippen LogP contribution < -0.4 is 14.8 Å². The Morgan fingerprint density at radius 1 is 1.17 bits per heavy atom. The van der Waals surface area contributed by atoms with Crippen molar-refractivity contribution in [2.75, 3.05) is 11.8 Å². The van der Waals surface area contributed by atoms with Crippen LogP contribution in [0.2, 0.25) is 0 Å². The molecule has 2 N–H and O–H groups in total. The average molecular weight is 328 g/mol. The third-order valence-corrected chi connectivity index (χ3v) is 4.05. The summed E-state index contributed by atoms with van der Waals surface area (Å²) in [6, 6.07) is 15.2. The Hall–Kier alpha value is -2.40. The maximum Gasteiger partial charge on any atom is 0.257 e. The van der Waals surface area contributed by atoms with Gasteiger partial charge in [0.25, 0.3) is 5.91 Å². The van der Waals surface area contributed by atoms with Gasteiger partial charge in [0.1, 0.15) is 5.75 Å². The fourth-order valence-electron chi connectivity index (χ4n) is 1.87. The predicted octanol–water partition coefficient (Wildman–Crippen LogP) is 4.47. The maximum atomic E-state index is 12.3. The molecule has 0 aromatic heterocycles. The number of amides is 1. The highest BCUT2D eigenvalue weighted by atomic mass is 32.2. The van der Waals surface area contributed by atoms with Gasteiger partial charge in [-0.3, -0.25) is 4.79 Å². The molecule has 0 radical (unpaired) electrons. The van der Waals surface area contributed by atoms with Gasteiger partial charge in [0.05, 0.1) is 18.4 Å². The minimum absolute atomic E-state index is 0.130. The summed E-state index contributed by atoms with van der Waals surface area (Å²) in [6.45, 7) is 3.75. The summed E-state index contributed by atoms with van der Waals surface area (Å²) in [5.41, 5.74) is 2.19. The van der Waals surface area contributed by atoms with E-state index in [1.807, 2.05) is 62.4 Å². The molecule has 0 atom stereocenters. The fourth-order valence-corrected chi connectivity index (χ4v) is 2.59. The number of carbonyl (C=O) groups excluding carboxylic acids is 1. The average Bonchev–Trinajstić information content (AvgIpc) is 2.60. The first-order valence-corrected chi connectivity index (χ1v) is 8.06. The van der Waals surface area contributed by atoms with Gasteiger partial charge in [-0.2, -0.15) is 0 Å². The summed E-state index contributed by atoms with van der Waals surface area (Å²) in [5.74, 6) is 0.668. The number of carbonyl (C=O) groups is 1. The maximum absolute atomic E-state index is 12.3. The number of hydrogen-bond donors (Lipinski definition) is 2. The van der Waals surface area contributed by atoms with E-state index in [1.54, 1.807) is 13.2 Å². The monoisotopic (exact) mass is 328 g/mol. The zero-order valence-electron chi connectivity index (χ0n) is 13.4. The smallest absolute Gasteiger partial charge is 0.257 e. The van der Waals surface area contributed by atoms with Gasteiger partial charge in [-0.25, -0.2) is 0 Å². The van der Waals surface area contributed by atoms with Crippen LogP contribution in [0.4, 0.5) is 5.69 Å². The molecule has 5 heteroatoms. The number of nitrogens with one attached hydrogen (secondary N) is 2. The highest BCUT2D eigenvalue weighted by molar-refractivity contribution is 8.00. The Bertz CT molecular complexity index is 714. The van der Waals surface area contributed by atoms with Crippen molar-refractivity contribution < 1.29 is 9.53 Å². The molecule has 0 bridgehead atoms. The van der Waals surface area contributed by atoms with Gasteiger partial charge >= 0.3 is 0 Å². The topological polar surface area (TPSA) is 50.4 Å². The molecule has 2 rings (SSSR count). The molecule has 0 aliphatic carbocycles. The second kappa shape index (κ2) is 8.29. The number of hydrogen-bond acceptors (Lipinski definition) is 4. The van der Waals surface area contributed by atoms with Crippen molar-refractivity contribution in [3.8, 4) is 5.75 Å². The molecule has 2 aromatic carbocycles. The summed E-state index contributed by atoms with van der Waals surface area (Å²) in [4.78, 5) is 13.3. The van der Waals surface area contributed by atoms with Gasteiger partial charge < -0.3 is 14.8 Å². The van der Waals surface area contributed by atoms with E-state index in [1.165, 1.54) is 11.9 Å². The molecule has 0 heterocycles. The lowest BCUT2D eigenvalue weighted by Crippen LogP contribution is -2.22. The third-order valence-electron chi connectivity index (χ3n) is 3.24. The molecule has 23 heavy (non-hydrogen) atoms. The van der Waals surface area contributed by atoms with Crippen molar-refractivity contribution in [1.82, 2.24) is 5.32 Å². The number of para-hydroxylation sites is 1. The molecule has 2 aromatic rings. The largest absolute Gasteiger partial charge is 0.497 e. The highest BCUT2D eigenvalue weighted by Crippen LogP contribution is 2.26. The number of ether oxygens (including phenoxy) is 1. The van der Waals surface area contributed by atoms with Gasteiger partial charge in [-0.15, -0.1) is 0 Å². The molecule has 0 spiro atoms. The van der Waals surface area contributed by atoms with E-state index in [0.717, 1.165) is 22.0 Å². The lowest BCUT2D eigenvalue weighted by Gasteiger charge is -2.12. The molecule has 4 nitrogen and oxygen atoms in total. The first kappa shape index (κ1) is 17.0. The van der Waals surface area contributed by atoms with Crippen LogP contribution in [0.5, 0.6) is 5.75 Å². The minimum atomic E-state index is -0.130. The summed E-state index contributed by atoms with van der Waals surface area (Å²) >= 11 is 1.43. The highest BCUT2D eigenvalue weighted by Gasteiger charge is 2.11. The fraction of sp³-hybridized carbons (Fsp3) is 0.167. The predicted molar refractivity (Wildman–Crippen MR) is 95.8 cm³/mol. The van der Waals surface area contributed by atoms with Crippen LogP contribution in [0, 0.1) is 0 Å². The molecule has 0 fully saturated rings. The van der Waals surface area contributed by atoms with E-state index in [4.69, 9.17) is 4.74 Å². The molecular formula is C18H20N2O2S.